The number of hydrogen-bond donors (Lipinski definition) is 1. The fourth-order valence-corrected chi connectivity index (χ4v) is 7.16. The van der Waals surface area contributed by atoms with Gasteiger partial charge in [0, 0.05) is 34.6 Å². The van der Waals surface area contributed by atoms with Crippen molar-refractivity contribution >= 4 is 23.4 Å². The number of benzene rings is 2. The molecule has 200 valence electrons. The van der Waals surface area contributed by atoms with Crippen LogP contribution in [0.5, 0.6) is 11.5 Å². The first-order valence-corrected chi connectivity index (χ1v) is 13.6. The van der Waals surface area contributed by atoms with Gasteiger partial charge in [-0.3, -0.25) is 24.1 Å². The molecule has 1 N–H and O–H groups in total. The zero-order valence-electron chi connectivity index (χ0n) is 21.9. The van der Waals surface area contributed by atoms with Gasteiger partial charge >= 0.3 is 0 Å². The Morgan fingerprint density at radius 2 is 1.80 bits per heavy atom. The number of ether oxygens (including phenoxy) is 1. The van der Waals surface area contributed by atoms with E-state index in [-0.39, 0.29) is 48.0 Å². The zero-order valence-corrected chi connectivity index (χ0v) is 21.9. The molecule has 0 aromatic heterocycles. The number of ketones is 2. The summed E-state index contributed by atoms with van der Waals surface area (Å²) in [6.07, 6.45) is 6.10. The van der Waals surface area contributed by atoms with Crippen LogP contribution in [0.15, 0.2) is 94.8 Å². The van der Waals surface area contributed by atoms with Crippen LogP contribution in [-0.4, -0.2) is 33.4 Å². The van der Waals surface area contributed by atoms with Crippen LogP contribution in [0.3, 0.4) is 0 Å². The number of imide groups is 1. The van der Waals surface area contributed by atoms with E-state index in [9.17, 15) is 24.3 Å². The maximum Gasteiger partial charge on any atom is 0.234 e. The number of nitrogens with zero attached hydrogens (tertiary/aromatic N) is 1. The van der Waals surface area contributed by atoms with Gasteiger partial charge in [0.25, 0.3) is 0 Å². The summed E-state index contributed by atoms with van der Waals surface area (Å²) in [4.78, 5) is 55.7. The van der Waals surface area contributed by atoms with E-state index < -0.39 is 17.8 Å². The summed E-state index contributed by atoms with van der Waals surface area (Å²) in [6, 6.07) is 14.3. The van der Waals surface area contributed by atoms with Crippen molar-refractivity contribution in [2.45, 2.75) is 32.7 Å². The van der Waals surface area contributed by atoms with Gasteiger partial charge in [-0.15, -0.1) is 0 Å². The first-order valence-electron chi connectivity index (χ1n) is 13.6. The third kappa shape index (κ3) is 3.64. The normalized spacial score (nSPS) is 27.2. The molecule has 2 heterocycles. The van der Waals surface area contributed by atoms with Crippen molar-refractivity contribution in [2.24, 2.45) is 23.7 Å². The van der Waals surface area contributed by atoms with Gasteiger partial charge in [0.1, 0.15) is 11.5 Å². The molecule has 1 saturated heterocycles. The molecule has 1 fully saturated rings. The lowest BCUT2D eigenvalue weighted by Crippen LogP contribution is -2.41. The van der Waals surface area contributed by atoms with Gasteiger partial charge < -0.3 is 9.84 Å². The number of fused-ring (bicyclic) bond motifs is 4. The minimum Gasteiger partial charge on any atom is -0.508 e. The number of carbonyl (C=O) groups is 4. The number of amides is 2. The van der Waals surface area contributed by atoms with E-state index in [1.807, 2.05) is 36.4 Å². The third-order valence-corrected chi connectivity index (χ3v) is 8.99. The topological polar surface area (TPSA) is 101 Å². The quantitative estimate of drug-likeness (QED) is 0.357. The molecule has 7 nitrogen and oxygen atoms in total. The van der Waals surface area contributed by atoms with Gasteiger partial charge in [0.15, 0.2) is 11.6 Å². The monoisotopic (exact) mass is 533 g/mol. The van der Waals surface area contributed by atoms with Gasteiger partial charge in [-0.05, 0) is 61.1 Å². The van der Waals surface area contributed by atoms with Gasteiger partial charge in [0.05, 0.1) is 24.6 Å². The number of carbonyl (C=O) groups excluding carboxylic acids is 4. The lowest BCUT2D eigenvalue weighted by Gasteiger charge is -2.43. The van der Waals surface area contributed by atoms with Crippen molar-refractivity contribution in [1.29, 1.82) is 0 Å². The Morgan fingerprint density at radius 3 is 2.60 bits per heavy atom. The molecule has 40 heavy (non-hydrogen) atoms. The second kappa shape index (κ2) is 9.01. The number of phenolic OH excluding ortho intramolecular Hbond substituents is 1. The molecule has 0 spiro atoms. The summed E-state index contributed by atoms with van der Waals surface area (Å²) in [5.74, 6) is -2.07. The summed E-state index contributed by atoms with van der Waals surface area (Å²) in [5, 5.41) is 10.1. The molecule has 0 bridgehead atoms. The lowest BCUT2D eigenvalue weighted by molar-refractivity contribution is -0.140. The highest BCUT2D eigenvalue weighted by atomic mass is 16.5. The van der Waals surface area contributed by atoms with Crippen molar-refractivity contribution in [3.63, 3.8) is 0 Å². The summed E-state index contributed by atoms with van der Waals surface area (Å²) < 4.78 is 5.94. The van der Waals surface area contributed by atoms with Crippen LogP contribution in [0, 0.1) is 23.7 Å². The number of aromatic hydroxyl groups is 1. The average molecular weight is 534 g/mol. The third-order valence-electron chi connectivity index (χ3n) is 8.99. The predicted molar refractivity (Wildman–Crippen MR) is 145 cm³/mol. The molecule has 3 aliphatic carbocycles. The number of Topliss-reactive ketones (excluding diaryl/α,β-unsaturated/α-hetero) is 1. The molecular formula is C33H27NO6. The van der Waals surface area contributed by atoms with Crippen LogP contribution in [-0.2, 0) is 32.1 Å². The van der Waals surface area contributed by atoms with E-state index in [0.717, 1.165) is 22.3 Å². The first-order chi connectivity index (χ1) is 19.3. The number of allylic oxidation sites excluding steroid dienone is 7. The second-order valence-electron chi connectivity index (χ2n) is 11.3. The van der Waals surface area contributed by atoms with Crippen molar-refractivity contribution < 1.29 is 29.0 Å². The Kier molecular flexibility index (Phi) is 5.52. The van der Waals surface area contributed by atoms with Crippen molar-refractivity contribution in [3.05, 3.63) is 106 Å². The Bertz CT molecular complexity index is 1640. The van der Waals surface area contributed by atoms with Crippen LogP contribution in [0.4, 0.5) is 0 Å². The lowest BCUT2D eigenvalue weighted by atomic mass is 9.58. The van der Waals surface area contributed by atoms with E-state index in [4.69, 9.17) is 4.74 Å². The minimum absolute atomic E-state index is 0.112. The van der Waals surface area contributed by atoms with Gasteiger partial charge in [-0.25, -0.2) is 0 Å². The Labute approximate surface area is 231 Å². The molecule has 0 saturated carbocycles. The number of likely N-dealkylation sites (tertiary alicyclic amines) is 1. The summed E-state index contributed by atoms with van der Waals surface area (Å²) >= 11 is 0. The molecule has 2 aromatic carbocycles. The SMILES string of the molecule is CC1=CC(=O)C2=C(C1=O)[C@@H](C1=COc3ccc(O)cc3C1)C1=CC[C@@H]3C(=O)N(Cc4ccccc4)C(=O)[C@@H]3[C@@H]1C2. The first kappa shape index (κ1) is 24.5. The smallest absolute Gasteiger partial charge is 0.234 e. The molecule has 4 atom stereocenters. The second-order valence-corrected chi connectivity index (χ2v) is 11.3. The van der Waals surface area contributed by atoms with Crippen LogP contribution in [0.2, 0.25) is 0 Å². The molecule has 2 aliphatic heterocycles. The molecule has 7 rings (SSSR count). The van der Waals surface area contributed by atoms with E-state index in [2.05, 4.69) is 0 Å². The number of hydrogen-bond acceptors (Lipinski definition) is 6. The highest BCUT2D eigenvalue weighted by Gasteiger charge is 2.56. The van der Waals surface area contributed by atoms with Crippen LogP contribution in [0.25, 0.3) is 0 Å². The number of rotatable bonds is 3. The summed E-state index contributed by atoms with van der Waals surface area (Å²) in [7, 11) is 0. The maximum atomic E-state index is 13.9. The standard InChI is InChI=1S/C33H27NO6/c1-17-11-26(36)25-14-24-22(8-9-23-29(24)33(39)34(32(23)38)15-18-5-3-2-4-6-18)28(30(25)31(17)37)20-12-19-13-21(35)7-10-27(19)40-16-20/h2-8,10-11,13,16,23-24,28-29,35H,9,12,14-15H2,1H3/t23-,24+,28-,29-/m0/s1. The molecule has 2 amide bonds. The van der Waals surface area contributed by atoms with E-state index in [1.54, 1.807) is 31.4 Å². The Morgan fingerprint density at radius 1 is 1.00 bits per heavy atom. The molecular weight excluding hydrogens is 506 g/mol. The largest absolute Gasteiger partial charge is 0.508 e. The highest BCUT2D eigenvalue weighted by Crippen LogP contribution is 2.54. The molecule has 2 aromatic rings. The summed E-state index contributed by atoms with van der Waals surface area (Å²) in [5.41, 5.74) is 4.60. The van der Waals surface area contributed by atoms with E-state index >= 15 is 0 Å². The average Bonchev–Trinajstić information content (AvgIpc) is 3.20. The van der Waals surface area contributed by atoms with E-state index in [1.165, 1.54) is 11.0 Å². The molecule has 5 aliphatic rings. The van der Waals surface area contributed by atoms with Crippen LogP contribution >= 0.6 is 0 Å². The molecule has 0 unspecified atom stereocenters. The minimum atomic E-state index is -0.593. The van der Waals surface area contributed by atoms with Crippen molar-refractivity contribution in [1.82, 2.24) is 4.90 Å². The zero-order chi connectivity index (χ0) is 27.7. The number of phenols is 1. The molecule has 7 heteroatoms. The van der Waals surface area contributed by atoms with E-state index in [0.29, 0.717) is 35.3 Å². The fourth-order valence-electron chi connectivity index (χ4n) is 7.16. The summed E-state index contributed by atoms with van der Waals surface area (Å²) in [6.45, 7) is 1.86. The maximum absolute atomic E-state index is 13.9. The van der Waals surface area contributed by atoms with Crippen molar-refractivity contribution in [3.8, 4) is 11.5 Å². The fraction of sp³-hybridized carbons (Fsp3) is 0.273. The predicted octanol–water partition coefficient (Wildman–Crippen LogP) is 4.37. The van der Waals surface area contributed by atoms with Gasteiger partial charge in [-0.2, -0.15) is 0 Å². The van der Waals surface area contributed by atoms with Crippen LogP contribution in [0.1, 0.15) is 30.9 Å². The Balaban J connectivity index is 1.30. The highest BCUT2D eigenvalue weighted by molar-refractivity contribution is 6.23. The molecule has 0 radical (unpaired) electrons. The van der Waals surface area contributed by atoms with Crippen LogP contribution < -0.4 is 4.74 Å². The van der Waals surface area contributed by atoms with Gasteiger partial charge in [0.2, 0.25) is 11.8 Å². The van der Waals surface area contributed by atoms with Gasteiger partial charge in [-0.1, -0.05) is 42.0 Å². The Hall–Kier alpha value is -4.52. The van der Waals surface area contributed by atoms with Crippen molar-refractivity contribution in [2.75, 3.05) is 0 Å².